The van der Waals surface area contributed by atoms with E-state index in [4.69, 9.17) is 23.2 Å². The predicted molar refractivity (Wildman–Crippen MR) is 94.6 cm³/mol. The van der Waals surface area contributed by atoms with E-state index >= 15 is 0 Å². The van der Waals surface area contributed by atoms with Crippen molar-refractivity contribution in [3.63, 3.8) is 0 Å². The molecule has 0 fully saturated rings. The van der Waals surface area contributed by atoms with Gasteiger partial charge in [0.2, 0.25) is 0 Å². The molecule has 0 radical (unpaired) electrons. The zero-order valence-corrected chi connectivity index (χ0v) is 14.3. The van der Waals surface area contributed by atoms with Gasteiger partial charge in [0.25, 0.3) is 0 Å². The third kappa shape index (κ3) is 2.82. The fourth-order valence-electron chi connectivity index (χ4n) is 3.07. The Bertz CT molecular complexity index is 729. The number of rotatable bonds is 5. The molecule has 3 rings (SSSR count). The van der Waals surface area contributed by atoms with Crippen LogP contribution in [-0.2, 0) is 5.41 Å². The average Bonchev–Trinajstić information content (AvgIpc) is 3.26. The van der Waals surface area contributed by atoms with Crippen LogP contribution in [0.15, 0.2) is 48.0 Å². The summed E-state index contributed by atoms with van der Waals surface area (Å²) in [6.45, 7) is 2.17. The summed E-state index contributed by atoms with van der Waals surface area (Å²) in [6, 6.07) is 10.6. The maximum atomic E-state index is 9.69. The second-order valence-electron chi connectivity index (χ2n) is 5.91. The summed E-state index contributed by atoms with van der Waals surface area (Å²) in [6.07, 6.45) is 5.47. The second-order valence-corrected chi connectivity index (χ2v) is 6.73. The number of phenols is 2. The highest BCUT2D eigenvalue weighted by molar-refractivity contribution is 6.32. The molecule has 0 unspecified atom stereocenters. The number of phenolic OH excluding ortho intramolecular Hbond substituents is 2. The van der Waals surface area contributed by atoms with Crippen molar-refractivity contribution in [3.05, 3.63) is 69.2 Å². The smallest absolute Gasteiger partial charge is 0.134 e. The highest BCUT2D eigenvalue weighted by Crippen LogP contribution is 2.55. The minimum Gasteiger partial charge on any atom is -0.506 e. The quantitative estimate of drug-likeness (QED) is 0.668. The molecule has 120 valence electrons. The molecule has 0 aliphatic heterocycles. The van der Waals surface area contributed by atoms with Crippen LogP contribution in [0, 0.1) is 0 Å². The first kappa shape index (κ1) is 16.2. The van der Waals surface area contributed by atoms with Crippen molar-refractivity contribution < 1.29 is 10.2 Å². The van der Waals surface area contributed by atoms with Gasteiger partial charge in [0.05, 0.1) is 15.5 Å². The van der Waals surface area contributed by atoms with Gasteiger partial charge >= 0.3 is 0 Å². The molecule has 0 atom stereocenters. The van der Waals surface area contributed by atoms with Crippen molar-refractivity contribution in [1.29, 1.82) is 0 Å². The van der Waals surface area contributed by atoms with Gasteiger partial charge in [-0.1, -0.05) is 60.3 Å². The first-order valence-corrected chi connectivity index (χ1v) is 8.45. The van der Waals surface area contributed by atoms with Gasteiger partial charge in [-0.25, -0.2) is 0 Å². The van der Waals surface area contributed by atoms with Crippen LogP contribution < -0.4 is 0 Å². The van der Waals surface area contributed by atoms with Crippen LogP contribution in [0.4, 0.5) is 0 Å². The van der Waals surface area contributed by atoms with Crippen LogP contribution in [0.2, 0.25) is 10.0 Å². The predicted octanol–water partition coefficient (Wildman–Crippen LogP) is 5.82. The third-order valence-corrected chi connectivity index (χ3v) is 5.03. The van der Waals surface area contributed by atoms with Crippen molar-refractivity contribution in [2.45, 2.75) is 31.6 Å². The number of halogens is 2. The van der Waals surface area contributed by atoms with E-state index in [0.29, 0.717) is 10.0 Å². The highest BCUT2D eigenvalue weighted by atomic mass is 35.5. The summed E-state index contributed by atoms with van der Waals surface area (Å²) in [5.74, 6) is 0.148. The van der Waals surface area contributed by atoms with Gasteiger partial charge in [-0.05, 0) is 48.2 Å². The monoisotopic (exact) mass is 348 g/mol. The van der Waals surface area contributed by atoms with Crippen molar-refractivity contribution in [2.24, 2.45) is 0 Å². The minimum atomic E-state index is -0.330. The summed E-state index contributed by atoms with van der Waals surface area (Å²) in [5.41, 5.74) is 3.01. The van der Waals surface area contributed by atoms with Crippen molar-refractivity contribution >= 4 is 23.2 Å². The molecule has 2 nitrogen and oxygen atoms in total. The zero-order valence-electron chi connectivity index (χ0n) is 12.8. The Morgan fingerprint density at radius 3 is 1.87 bits per heavy atom. The first-order valence-electron chi connectivity index (χ1n) is 7.69. The van der Waals surface area contributed by atoms with Crippen LogP contribution in [0.5, 0.6) is 11.5 Å². The normalized spacial score (nSPS) is 15.3. The summed E-state index contributed by atoms with van der Waals surface area (Å²) in [5, 5.41) is 20.0. The van der Waals surface area contributed by atoms with Gasteiger partial charge in [0.1, 0.15) is 11.5 Å². The Balaban J connectivity index is 2.05. The lowest BCUT2D eigenvalue weighted by atomic mass is 9.82. The van der Waals surface area contributed by atoms with Crippen molar-refractivity contribution in [2.75, 3.05) is 0 Å². The lowest BCUT2D eigenvalue weighted by molar-refractivity contribution is 0.475. The van der Waals surface area contributed by atoms with Crippen LogP contribution in [0.25, 0.3) is 0 Å². The van der Waals surface area contributed by atoms with Gasteiger partial charge in [-0.15, -0.1) is 0 Å². The fraction of sp³-hybridized carbons (Fsp3) is 0.263. The van der Waals surface area contributed by atoms with E-state index in [0.717, 1.165) is 30.4 Å². The average molecular weight is 349 g/mol. The molecule has 0 bridgehead atoms. The van der Waals surface area contributed by atoms with E-state index in [1.54, 1.807) is 24.3 Å². The van der Waals surface area contributed by atoms with E-state index in [2.05, 4.69) is 13.0 Å². The molecule has 0 spiro atoms. The molecule has 2 N–H and O–H groups in total. The number of benzene rings is 2. The Morgan fingerprint density at radius 1 is 0.913 bits per heavy atom. The zero-order chi connectivity index (χ0) is 16.6. The summed E-state index contributed by atoms with van der Waals surface area (Å²) >= 11 is 12.2. The molecule has 2 aromatic rings. The minimum absolute atomic E-state index is 0.0741. The Morgan fingerprint density at radius 2 is 1.43 bits per heavy atom. The second kappa shape index (κ2) is 6.10. The molecule has 0 saturated carbocycles. The third-order valence-electron chi connectivity index (χ3n) is 4.42. The maximum absolute atomic E-state index is 9.69. The summed E-state index contributed by atoms with van der Waals surface area (Å²) in [7, 11) is 0. The molecule has 23 heavy (non-hydrogen) atoms. The van der Waals surface area contributed by atoms with Gasteiger partial charge in [0.15, 0.2) is 0 Å². The standard InChI is InChI=1S/C19H18Cl2O2/c1-2-3-4-14-11-19(14,12-5-7-17(22)15(20)9-12)13-6-8-18(23)16(21)10-13/h5-11,22-23H,2-4H2,1H3. The lowest BCUT2D eigenvalue weighted by Gasteiger charge is -2.21. The molecular weight excluding hydrogens is 331 g/mol. The SMILES string of the molecule is CCCCC1=CC1(c1ccc(O)c(Cl)c1)c1ccc(O)c(Cl)c1. The maximum Gasteiger partial charge on any atom is 0.134 e. The molecule has 1 aliphatic carbocycles. The van der Waals surface area contributed by atoms with E-state index < -0.39 is 0 Å². The van der Waals surface area contributed by atoms with Crippen LogP contribution in [0.1, 0.15) is 37.3 Å². The van der Waals surface area contributed by atoms with Crippen LogP contribution in [-0.4, -0.2) is 10.2 Å². The van der Waals surface area contributed by atoms with E-state index in [-0.39, 0.29) is 16.9 Å². The highest BCUT2D eigenvalue weighted by Gasteiger charge is 2.46. The molecule has 4 heteroatoms. The molecule has 0 saturated heterocycles. The Kier molecular flexibility index (Phi) is 4.31. The number of hydrogen-bond donors (Lipinski definition) is 2. The van der Waals surface area contributed by atoms with E-state index in [9.17, 15) is 10.2 Å². The van der Waals surface area contributed by atoms with E-state index in [1.165, 1.54) is 5.57 Å². The van der Waals surface area contributed by atoms with Gasteiger partial charge in [-0.3, -0.25) is 0 Å². The fourth-order valence-corrected chi connectivity index (χ4v) is 3.43. The number of aromatic hydroxyl groups is 2. The molecule has 0 amide bonds. The van der Waals surface area contributed by atoms with Crippen molar-refractivity contribution in [1.82, 2.24) is 0 Å². The number of unbranched alkanes of at least 4 members (excludes halogenated alkanes) is 1. The number of allylic oxidation sites excluding steroid dienone is 2. The van der Waals surface area contributed by atoms with Gasteiger partial charge in [0, 0.05) is 0 Å². The Labute approximate surface area is 146 Å². The summed E-state index contributed by atoms with van der Waals surface area (Å²) in [4.78, 5) is 0. The van der Waals surface area contributed by atoms with Crippen molar-refractivity contribution in [3.8, 4) is 11.5 Å². The molecule has 0 aromatic heterocycles. The van der Waals surface area contributed by atoms with E-state index in [1.807, 2.05) is 12.1 Å². The topological polar surface area (TPSA) is 40.5 Å². The summed E-state index contributed by atoms with van der Waals surface area (Å²) < 4.78 is 0. The Hall–Kier alpha value is -1.64. The van der Waals surface area contributed by atoms with Crippen LogP contribution >= 0.6 is 23.2 Å². The van der Waals surface area contributed by atoms with Gasteiger partial charge < -0.3 is 10.2 Å². The van der Waals surface area contributed by atoms with Gasteiger partial charge in [-0.2, -0.15) is 0 Å². The lowest BCUT2D eigenvalue weighted by Crippen LogP contribution is -2.14. The molecule has 1 aliphatic rings. The largest absolute Gasteiger partial charge is 0.506 e. The first-order chi connectivity index (χ1) is 11.0. The number of hydrogen-bond acceptors (Lipinski definition) is 2. The molecule has 2 aromatic carbocycles. The molecular formula is C19H18Cl2O2. The van der Waals surface area contributed by atoms with Crippen LogP contribution in [0.3, 0.4) is 0 Å². The molecule has 0 heterocycles.